The summed E-state index contributed by atoms with van der Waals surface area (Å²) in [5.74, 6) is -2.40. The first kappa shape index (κ1) is 15.9. The summed E-state index contributed by atoms with van der Waals surface area (Å²) in [6, 6.07) is 2.36. The molecule has 1 aromatic carbocycles. The monoisotopic (exact) mass is 327 g/mol. The Morgan fingerprint density at radius 2 is 1.82 bits per heavy atom. The van der Waals surface area contributed by atoms with Gasteiger partial charge in [0.15, 0.2) is 0 Å². The number of carboxylic acids is 1. The van der Waals surface area contributed by atoms with Crippen LogP contribution in [0.1, 0.15) is 13.3 Å². The number of aliphatic carboxylic acids is 1. The minimum absolute atomic E-state index is 0.127. The molecule has 9 nitrogen and oxygen atoms in total. The maximum absolute atomic E-state index is 12.1. The van der Waals surface area contributed by atoms with Crippen LogP contribution in [0.5, 0.6) is 0 Å². The van der Waals surface area contributed by atoms with Crippen LogP contribution in [-0.2, 0) is 24.4 Å². The van der Waals surface area contributed by atoms with Crippen LogP contribution in [0.3, 0.4) is 0 Å². The van der Waals surface area contributed by atoms with Gasteiger partial charge < -0.3 is 15.7 Å². The molecule has 2 amide bonds. The van der Waals surface area contributed by atoms with Crippen LogP contribution in [0.4, 0.5) is 11.4 Å². The average molecular weight is 327 g/mol. The third kappa shape index (κ3) is 3.40. The number of anilines is 2. The van der Waals surface area contributed by atoms with Crippen LogP contribution in [0, 0.1) is 0 Å². The molecule has 0 spiro atoms. The molecule has 0 saturated carbocycles. The molecule has 0 aliphatic carbocycles. The molecule has 0 saturated heterocycles. The number of carbonyl (C=O) groups is 3. The lowest BCUT2D eigenvalue weighted by Crippen LogP contribution is -2.38. The summed E-state index contributed by atoms with van der Waals surface area (Å²) in [5, 5.41) is 13.6. The fraction of sp³-hybridized carbons (Fsp3) is 0.250. The van der Waals surface area contributed by atoms with Crippen molar-refractivity contribution < 1.29 is 27.9 Å². The number of nitrogens with one attached hydrogen (secondary N) is 3. The van der Waals surface area contributed by atoms with E-state index in [4.69, 9.17) is 5.11 Å². The van der Waals surface area contributed by atoms with E-state index in [1.165, 1.54) is 19.1 Å². The molecular weight excluding hydrogens is 314 g/mol. The van der Waals surface area contributed by atoms with Gasteiger partial charge in [-0.1, -0.05) is 0 Å². The molecule has 1 atom stereocenters. The lowest BCUT2D eigenvalue weighted by molar-refractivity contribution is -0.138. The van der Waals surface area contributed by atoms with E-state index < -0.39 is 33.8 Å². The fourth-order valence-corrected chi connectivity index (χ4v) is 3.01. The molecule has 1 aliphatic rings. The van der Waals surface area contributed by atoms with Gasteiger partial charge in [-0.05, 0) is 25.1 Å². The van der Waals surface area contributed by atoms with Gasteiger partial charge in [0.25, 0.3) is 0 Å². The maximum atomic E-state index is 12.1. The largest absolute Gasteiger partial charge is 0.480 e. The van der Waals surface area contributed by atoms with Crippen LogP contribution in [0.2, 0.25) is 0 Å². The third-order valence-corrected chi connectivity index (χ3v) is 4.41. The molecular formula is C12H13N3O6S. The van der Waals surface area contributed by atoms with Crippen molar-refractivity contribution in [2.45, 2.75) is 24.3 Å². The Hall–Kier alpha value is -2.46. The molecule has 0 aromatic heterocycles. The lowest BCUT2D eigenvalue weighted by Gasteiger charge is -2.13. The molecule has 4 N–H and O–H groups in total. The van der Waals surface area contributed by atoms with E-state index in [9.17, 15) is 22.8 Å². The summed E-state index contributed by atoms with van der Waals surface area (Å²) in [6.07, 6.45) is -0.370. The zero-order chi connectivity index (χ0) is 16.5. The third-order valence-electron chi connectivity index (χ3n) is 2.87. The Labute approximate surface area is 125 Å². The number of hydrogen-bond acceptors (Lipinski definition) is 5. The van der Waals surface area contributed by atoms with Crippen LogP contribution < -0.4 is 15.4 Å². The Balaban J connectivity index is 2.37. The highest BCUT2D eigenvalue weighted by atomic mass is 32.2. The van der Waals surface area contributed by atoms with Gasteiger partial charge in [-0.2, -0.15) is 4.72 Å². The number of benzene rings is 1. The first-order chi connectivity index (χ1) is 10.2. The zero-order valence-corrected chi connectivity index (χ0v) is 12.2. The predicted octanol–water partition coefficient (Wildman–Crippen LogP) is -0.281. The van der Waals surface area contributed by atoms with Gasteiger partial charge in [0.05, 0.1) is 16.3 Å². The van der Waals surface area contributed by atoms with E-state index in [1.54, 1.807) is 0 Å². The van der Waals surface area contributed by atoms with E-state index in [0.29, 0.717) is 0 Å². The van der Waals surface area contributed by atoms with Crippen molar-refractivity contribution in [1.82, 2.24) is 4.72 Å². The van der Waals surface area contributed by atoms with E-state index >= 15 is 0 Å². The van der Waals surface area contributed by atoms with Crippen LogP contribution in [-0.4, -0.2) is 37.3 Å². The highest BCUT2D eigenvalue weighted by Crippen LogP contribution is 2.27. The minimum atomic E-state index is -4.08. The van der Waals surface area contributed by atoms with Crippen molar-refractivity contribution in [2.75, 3.05) is 10.6 Å². The molecule has 0 radical (unpaired) electrons. The van der Waals surface area contributed by atoms with Gasteiger partial charge in [-0.25, -0.2) is 8.42 Å². The molecule has 1 aromatic rings. The first-order valence-electron chi connectivity index (χ1n) is 6.18. The summed E-state index contributed by atoms with van der Waals surface area (Å²) < 4.78 is 26.2. The summed E-state index contributed by atoms with van der Waals surface area (Å²) in [4.78, 5) is 33.4. The smallest absolute Gasteiger partial charge is 0.321 e. The van der Waals surface area contributed by atoms with E-state index in [2.05, 4.69) is 10.6 Å². The van der Waals surface area contributed by atoms with Crippen molar-refractivity contribution in [3.8, 4) is 0 Å². The summed E-state index contributed by atoms with van der Waals surface area (Å²) >= 11 is 0. The highest BCUT2D eigenvalue weighted by Gasteiger charge is 2.24. The van der Waals surface area contributed by atoms with Crippen LogP contribution in [0.25, 0.3) is 0 Å². The fourth-order valence-electron chi connectivity index (χ4n) is 1.79. The standard InChI is InChI=1S/C12H13N3O6S/c1-6(12(18)19)15-22(20,21)7-2-3-8-9(4-7)14-11(17)5-10(16)13-8/h2-4,6,15H,5H2,1H3,(H,13,16)(H,14,17)(H,18,19)/t6-/m0/s1. The Morgan fingerprint density at radius 1 is 1.23 bits per heavy atom. The van der Waals surface area contributed by atoms with Gasteiger partial charge in [-0.3, -0.25) is 14.4 Å². The van der Waals surface area contributed by atoms with E-state index in [0.717, 1.165) is 6.07 Å². The molecule has 0 bridgehead atoms. The van der Waals surface area contributed by atoms with Gasteiger partial charge in [0.1, 0.15) is 12.5 Å². The molecule has 22 heavy (non-hydrogen) atoms. The van der Waals surface area contributed by atoms with Crippen molar-refractivity contribution >= 4 is 39.2 Å². The SMILES string of the molecule is C[C@H](NS(=O)(=O)c1ccc2c(c1)NC(=O)CC(=O)N2)C(=O)O. The summed E-state index contributed by atoms with van der Waals surface area (Å²) in [7, 11) is -4.08. The minimum Gasteiger partial charge on any atom is -0.480 e. The topological polar surface area (TPSA) is 142 Å². The zero-order valence-electron chi connectivity index (χ0n) is 11.4. The quantitative estimate of drug-likeness (QED) is 0.560. The Bertz CT molecular complexity index is 758. The molecule has 0 unspecified atom stereocenters. The Morgan fingerprint density at radius 3 is 2.41 bits per heavy atom. The highest BCUT2D eigenvalue weighted by molar-refractivity contribution is 7.89. The second-order valence-electron chi connectivity index (χ2n) is 4.66. The average Bonchev–Trinajstić information content (AvgIpc) is 2.53. The van der Waals surface area contributed by atoms with Crippen molar-refractivity contribution in [1.29, 1.82) is 0 Å². The van der Waals surface area contributed by atoms with Crippen molar-refractivity contribution in [3.05, 3.63) is 18.2 Å². The van der Waals surface area contributed by atoms with E-state index in [1.807, 2.05) is 4.72 Å². The molecule has 1 heterocycles. The molecule has 118 valence electrons. The molecule has 2 rings (SSSR count). The van der Waals surface area contributed by atoms with Crippen molar-refractivity contribution in [3.63, 3.8) is 0 Å². The second kappa shape index (κ2) is 5.73. The van der Waals surface area contributed by atoms with E-state index in [-0.39, 0.29) is 22.7 Å². The van der Waals surface area contributed by atoms with Crippen molar-refractivity contribution in [2.24, 2.45) is 0 Å². The molecule has 10 heteroatoms. The first-order valence-corrected chi connectivity index (χ1v) is 7.66. The van der Waals surface area contributed by atoms with Gasteiger partial charge in [0.2, 0.25) is 21.8 Å². The second-order valence-corrected chi connectivity index (χ2v) is 6.38. The number of sulfonamides is 1. The Kier molecular flexibility index (Phi) is 4.15. The molecule has 1 aliphatic heterocycles. The van der Waals surface area contributed by atoms with Gasteiger partial charge >= 0.3 is 5.97 Å². The number of hydrogen-bond donors (Lipinski definition) is 4. The number of carboxylic acid groups (broad SMARTS) is 1. The molecule has 0 fully saturated rings. The normalized spacial score (nSPS) is 16.0. The van der Waals surface area contributed by atoms with Gasteiger partial charge in [-0.15, -0.1) is 0 Å². The maximum Gasteiger partial charge on any atom is 0.321 e. The number of carbonyl (C=O) groups excluding carboxylic acids is 2. The lowest BCUT2D eigenvalue weighted by atomic mass is 10.2. The van der Waals surface area contributed by atoms with Crippen LogP contribution in [0.15, 0.2) is 23.1 Å². The van der Waals surface area contributed by atoms with Gasteiger partial charge in [0, 0.05) is 0 Å². The number of rotatable bonds is 4. The van der Waals surface area contributed by atoms with Crippen LogP contribution >= 0.6 is 0 Å². The number of amides is 2. The predicted molar refractivity (Wildman–Crippen MR) is 75.7 cm³/mol. The summed E-state index contributed by atoms with van der Waals surface area (Å²) in [5.41, 5.74) is 0.391. The number of fused-ring (bicyclic) bond motifs is 1. The summed E-state index contributed by atoms with van der Waals surface area (Å²) in [6.45, 7) is 1.19.